The second-order valence-corrected chi connectivity index (χ2v) is 6.88. The van der Waals surface area contributed by atoms with Crippen molar-refractivity contribution in [3.05, 3.63) is 70.9 Å². The molecular formula is C22H25N3O. The highest BCUT2D eigenvalue weighted by atomic mass is 16.5. The molecule has 1 aliphatic heterocycles. The lowest BCUT2D eigenvalue weighted by atomic mass is 10.0. The number of anilines is 1. The third kappa shape index (κ3) is 3.19. The Kier molecular flexibility index (Phi) is 4.65. The van der Waals surface area contributed by atoms with E-state index in [0.717, 1.165) is 30.8 Å². The minimum absolute atomic E-state index is 0.840. The number of rotatable bonds is 4. The Morgan fingerprint density at radius 1 is 1.08 bits per heavy atom. The fourth-order valence-electron chi connectivity index (χ4n) is 3.63. The van der Waals surface area contributed by atoms with Crippen molar-refractivity contribution < 1.29 is 4.74 Å². The van der Waals surface area contributed by atoms with Gasteiger partial charge in [-0.15, -0.1) is 0 Å². The van der Waals surface area contributed by atoms with Crippen LogP contribution in [0.15, 0.2) is 48.5 Å². The Hall–Kier alpha value is -2.75. The predicted molar refractivity (Wildman–Crippen MR) is 106 cm³/mol. The van der Waals surface area contributed by atoms with Gasteiger partial charge in [-0.25, -0.2) is 4.68 Å². The molecule has 134 valence electrons. The molecule has 0 radical (unpaired) electrons. The highest BCUT2D eigenvalue weighted by Crippen LogP contribution is 2.30. The largest absolute Gasteiger partial charge is 0.497 e. The fraction of sp³-hybridized carbons (Fsp3) is 0.318. The maximum absolute atomic E-state index is 5.27. The monoisotopic (exact) mass is 347 g/mol. The zero-order valence-electron chi connectivity index (χ0n) is 15.5. The van der Waals surface area contributed by atoms with E-state index >= 15 is 0 Å². The topological polar surface area (TPSA) is 39.1 Å². The summed E-state index contributed by atoms with van der Waals surface area (Å²) in [6.07, 6.45) is 4.33. The standard InChI is InChI=1S/C22H25N3O/c1-16-7-3-4-9-21(16)25-22-19(8-5-6-14-23-22)20(24-25)15-17-10-12-18(26-2)13-11-17/h3-4,7,9-13,23H,5-6,8,14-15H2,1-2H3. The fourth-order valence-corrected chi connectivity index (χ4v) is 3.63. The molecule has 1 N–H and O–H groups in total. The highest BCUT2D eigenvalue weighted by molar-refractivity contribution is 5.56. The highest BCUT2D eigenvalue weighted by Gasteiger charge is 2.21. The molecule has 4 nitrogen and oxygen atoms in total. The number of hydrogen-bond acceptors (Lipinski definition) is 3. The van der Waals surface area contributed by atoms with Gasteiger partial charge in [0.05, 0.1) is 18.5 Å². The Labute approximate surface area is 154 Å². The van der Waals surface area contributed by atoms with Gasteiger partial charge in [0.1, 0.15) is 11.6 Å². The van der Waals surface area contributed by atoms with Gasteiger partial charge in [0.15, 0.2) is 0 Å². The molecule has 4 rings (SSSR count). The van der Waals surface area contributed by atoms with Crippen molar-refractivity contribution in [3.8, 4) is 11.4 Å². The third-order valence-electron chi connectivity index (χ3n) is 5.09. The van der Waals surface area contributed by atoms with E-state index < -0.39 is 0 Å². The molecule has 2 heterocycles. The lowest BCUT2D eigenvalue weighted by Crippen LogP contribution is -2.08. The summed E-state index contributed by atoms with van der Waals surface area (Å²) in [4.78, 5) is 0. The number of hydrogen-bond donors (Lipinski definition) is 1. The molecule has 26 heavy (non-hydrogen) atoms. The molecule has 1 aromatic heterocycles. The van der Waals surface area contributed by atoms with Crippen molar-refractivity contribution in [3.63, 3.8) is 0 Å². The molecule has 4 heteroatoms. The van der Waals surface area contributed by atoms with Crippen molar-refractivity contribution in [2.75, 3.05) is 19.0 Å². The molecule has 0 atom stereocenters. The molecule has 0 aliphatic carbocycles. The van der Waals surface area contributed by atoms with E-state index in [9.17, 15) is 0 Å². The van der Waals surface area contributed by atoms with Crippen LogP contribution in [0.25, 0.3) is 5.69 Å². The molecule has 0 unspecified atom stereocenters. The number of benzene rings is 2. The molecular weight excluding hydrogens is 322 g/mol. The first-order chi connectivity index (χ1) is 12.8. The number of ether oxygens (including phenoxy) is 1. The van der Waals surface area contributed by atoms with Crippen molar-refractivity contribution in [1.29, 1.82) is 0 Å². The maximum atomic E-state index is 5.27. The van der Waals surface area contributed by atoms with Gasteiger partial charge in [0.25, 0.3) is 0 Å². The molecule has 0 saturated carbocycles. The van der Waals surface area contributed by atoms with Gasteiger partial charge in [0, 0.05) is 18.5 Å². The number of aryl methyl sites for hydroxylation is 1. The zero-order valence-corrected chi connectivity index (χ0v) is 15.5. The van der Waals surface area contributed by atoms with Crippen LogP contribution in [-0.4, -0.2) is 23.4 Å². The average Bonchev–Trinajstić information content (AvgIpc) is 2.84. The second-order valence-electron chi connectivity index (χ2n) is 6.88. The summed E-state index contributed by atoms with van der Waals surface area (Å²) in [6, 6.07) is 16.7. The number of nitrogens with one attached hydrogen (secondary N) is 1. The second kappa shape index (κ2) is 7.24. The first-order valence-electron chi connectivity index (χ1n) is 9.30. The van der Waals surface area contributed by atoms with Crippen LogP contribution in [0.4, 0.5) is 5.82 Å². The van der Waals surface area contributed by atoms with Crippen molar-refractivity contribution in [1.82, 2.24) is 9.78 Å². The van der Waals surface area contributed by atoms with Gasteiger partial charge < -0.3 is 10.1 Å². The first-order valence-corrected chi connectivity index (χ1v) is 9.30. The SMILES string of the molecule is COc1ccc(Cc2nn(-c3ccccc3C)c3c2CCCCN3)cc1. The third-order valence-corrected chi connectivity index (χ3v) is 5.09. The van der Waals surface area contributed by atoms with Gasteiger partial charge in [-0.3, -0.25) is 0 Å². The quantitative estimate of drug-likeness (QED) is 0.754. The first kappa shape index (κ1) is 16.7. The summed E-state index contributed by atoms with van der Waals surface area (Å²) in [5.74, 6) is 2.06. The molecule has 0 spiro atoms. The number of nitrogens with zero attached hydrogens (tertiary/aromatic N) is 2. The van der Waals surface area contributed by atoms with Crippen LogP contribution in [0, 0.1) is 6.92 Å². The van der Waals surface area contributed by atoms with E-state index in [-0.39, 0.29) is 0 Å². The Morgan fingerprint density at radius 2 is 1.88 bits per heavy atom. The Bertz CT molecular complexity index is 896. The summed E-state index contributed by atoms with van der Waals surface area (Å²) in [6.45, 7) is 3.15. The molecule has 0 amide bonds. The molecule has 2 aromatic carbocycles. The Balaban J connectivity index is 1.75. The van der Waals surface area contributed by atoms with Gasteiger partial charge in [-0.1, -0.05) is 30.3 Å². The van der Waals surface area contributed by atoms with Crippen LogP contribution in [-0.2, 0) is 12.8 Å². The summed E-state index contributed by atoms with van der Waals surface area (Å²) in [7, 11) is 1.70. The van der Waals surface area contributed by atoms with E-state index in [1.165, 1.54) is 41.0 Å². The van der Waals surface area contributed by atoms with Gasteiger partial charge in [-0.05, 0) is 55.5 Å². The minimum Gasteiger partial charge on any atom is -0.497 e. The number of aromatic nitrogens is 2. The number of methoxy groups -OCH3 is 1. The van der Waals surface area contributed by atoms with Gasteiger partial charge >= 0.3 is 0 Å². The molecule has 3 aromatic rings. The van der Waals surface area contributed by atoms with E-state index in [1.54, 1.807) is 7.11 Å². The van der Waals surface area contributed by atoms with Crippen LogP contribution in [0.5, 0.6) is 5.75 Å². The average molecular weight is 347 g/mol. The van der Waals surface area contributed by atoms with E-state index in [1.807, 2.05) is 12.1 Å². The predicted octanol–water partition coefficient (Wildman–Crippen LogP) is 4.53. The zero-order chi connectivity index (χ0) is 17.9. The smallest absolute Gasteiger partial charge is 0.133 e. The van der Waals surface area contributed by atoms with Crippen LogP contribution >= 0.6 is 0 Å². The van der Waals surface area contributed by atoms with Crippen molar-refractivity contribution in [2.45, 2.75) is 32.6 Å². The normalized spacial score (nSPS) is 13.6. The van der Waals surface area contributed by atoms with E-state index in [4.69, 9.17) is 9.84 Å². The summed E-state index contributed by atoms with van der Waals surface area (Å²) in [5, 5.41) is 8.65. The number of para-hydroxylation sites is 1. The van der Waals surface area contributed by atoms with Crippen LogP contribution in [0.2, 0.25) is 0 Å². The van der Waals surface area contributed by atoms with Crippen LogP contribution in [0.3, 0.4) is 0 Å². The summed E-state index contributed by atoms with van der Waals surface area (Å²) >= 11 is 0. The molecule has 0 fully saturated rings. The van der Waals surface area contributed by atoms with Crippen molar-refractivity contribution >= 4 is 5.82 Å². The van der Waals surface area contributed by atoms with E-state index in [2.05, 4.69) is 53.3 Å². The lowest BCUT2D eigenvalue weighted by Gasteiger charge is -2.11. The van der Waals surface area contributed by atoms with Crippen molar-refractivity contribution in [2.24, 2.45) is 0 Å². The summed E-state index contributed by atoms with van der Waals surface area (Å²) in [5.41, 5.74) is 6.18. The maximum Gasteiger partial charge on any atom is 0.133 e. The Morgan fingerprint density at radius 3 is 2.65 bits per heavy atom. The summed E-state index contributed by atoms with van der Waals surface area (Å²) < 4.78 is 7.38. The lowest BCUT2D eigenvalue weighted by molar-refractivity contribution is 0.414. The number of fused-ring (bicyclic) bond motifs is 1. The molecule has 0 saturated heterocycles. The minimum atomic E-state index is 0.840. The van der Waals surface area contributed by atoms with E-state index in [0.29, 0.717) is 0 Å². The molecule has 0 bridgehead atoms. The van der Waals surface area contributed by atoms with Crippen LogP contribution < -0.4 is 10.1 Å². The van der Waals surface area contributed by atoms with Gasteiger partial charge in [0.2, 0.25) is 0 Å². The van der Waals surface area contributed by atoms with Crippen LogP contribution in [0.1, 0.15) is 35.2 Å². The van der Waals surface area contributed by atoms with Gasteiger partial charge in [-0.2, -0.15) is 5.10 Å². The molecule has 1 aliphatic rings.